The van der Waals surface area contributed by atoms with E-state index in [9.17, 15) is 0 Å². The van der Waals surface area contributed by atoms with Gasteiger partial charge in [-0.1, -0.05) is 48.3 Å². The van der Waals surface area contributed by atoms with Crippen LogP contribution in [-0.2, 0) is 6.42 Å². The summed E-state index contributed by atoms with van der Waals surface area (Å²) in [5.41, 5.74) is 6.98. The second kappa shape index (κ2) is 6.98. The van der Waals surface area contributed by atoms with Crippen LogP contribution in [0.2, 0.25) is 10.0 Å². The van der Waals surface area contributed by atoms with Crippen molar-refractivity contribution in [3.63, 3.8) is 0 Å². The molecule has 1 unspecified atom stereocenters. The maximum atomic E-state index is 6.27. The standard InChI is InChI=1S/C16H17Cl2NO/c1-2-12(19)9-11-7-8-13(10-15(11)18)20-16-6-4-3-5-14(16)17/h3-8,10,12H,2,9,19H2,1H3. The van der Waals surface area contributed by atoms with Crippen LogP contribution in [0.15, 0.2) is 42.5 Å². The third kappa shape index (κ3) is 3.89. The Morgan fingerprint density at radius 2 is 1.85 bits per heavy atom. The lowest BCUT2D eigenvalue weighted by molar-refractivity contribution is 0.482. The molecule has 20 heavy (non-hydrogen) atoms. The Morgan fingerprint density at radius 1 is 1.10 bits per heavy atom. The van der Waals surface area contributed by atoms with Crippen LogP contribution in [0.1, 0.15) is 18.9 Å². The summed E-state index contributed by atoms with van der Waals surface area (Å²) in [5, 5.41) is 1.24. The minimum Gasteiger partial charge on any atom is -0.456 e. The highest BCUT2D eigenvalue weighted by Gasteiger charge is 2.08. The molecule has 0 aliphatic carbocycles. The minimum atomic E-state index is 0.128. The predicted octanol–water partition coefficient (Wildman–Crippen LogP) is 5.07. The lowest BCUT2D eigenvalue weighted by Crippen LogP contribution is -2.21. The van der Waals surface area contributed by atoms with Crippen LogP contribution in [0.4, 0.5) is 0 Å². The first-order valence-electron chi connectivity index (χ1n) is 6.56. The number of halogens is 2. The van der Waals surface area contributed by atoms with E-state index < -0.39 is 0 Å². The molecule has 0 aliphatic rings. The molecule has 0 amide bonds. The topological polar surface area (TPSA) is 35.2 Å². The fraction of sp³-hybridized carbons (Fsp3) is 0.250. The molecular weight excluding hydrogens is 293 g/mol. The zero-order valence-corrected chi connectivity index (χ0v) is 12.8. The summed E-state index contributed by atoms with van der Waals surface area (Å²) >= 11 is 12.3. The zero-order chi connectivity index (χ0) is 14.5. The van der Waals surface area contributed by atoms with Gasteiger partial charge in [0.15, 0.2) is 0 Å². The van der Waals surface area contributed by atoms with Crippen molar-refractivity contribution >= 4 is 23.2 Å². The third-order valence-electron chi connectivity index (χ3n) is 3.10. The first-order chi connectivity index (χ1) is 9.60. The van der Waals surface area contributed by atoms with Crippen molar-refractivity contribution in [1.82, 2.24) is 0 Å². The van der Waals surface area contributed by atoms with Crippen molar-refractivity contribution in [2.75, 3.05) is 0 Å². The monoisotopic (exact) mass is 309 g/mol. The largest absolute Gasteiger partial charge is 0.456 e. The number of hydrogen-bond acceptors (Lipinski definition) is 2. The average Bonchev–Trinajstić information content (AvgIpc) is 2.44. The van der Waals surface area contributed by atoms with Gasteiger partial charge in [-0.15, -0.1) is 0 Å². The summed E-state index contributed by atoms with van der Waals surface area (Å²) < 4.78 is 5.73. The average molecular weight is 310 g/mol. The highest BCUT2D eigenvalue weighted by atomic mass is 35.5. The van der Waals surface area contributed by atoms with Crippen molar-refractivity contribution in [3.05, 3.63) is 58.1 Å². The summed E-state index contributed by atoms with van der Waals surface area (Å²) in [4.78, 5) is 0. The van der Waals surface area contributed by atoms with Crippen LogP contribution >= 0.6 is 23.2 Å². The van der Waals surface area contributed by atoms with Gasteiger partial charge in [0.2, 0.25) is 0 Å². The van der Waals surface area contributed by atoms with Gasteiger partial charge in [-0.05, 0) is 42.7 Å². The molecule has 106 valence electrons. The summed E-state index contributed by atoms with van der Waals surface area (Å²) in [6.45, 7) is 2.06. The smallest absolute Gasteiger partial charge is 0.146 e. The fourth-order valence-electron chi connectivity index (χ4n) is 1.84. The first-order valence-corrected chi connectivity index (χ1v) is 7.32. The van der Waals surface area contributed by atoms with Gasteiger partial charge in [-0.2, -0.15) is 0 Å². The van der Waals surface area contributed by atoms with Gasteiger partial charge in [0.05, 0.1) is 5.02 Å². The van der Waals surface area contributed by atoms with E-state index >= 15 is 0 Å². The van der Waals surface area contributed by atoms with Gasteiger partial charge in [-0.25, -0.2) is 0 Å². The molecule has 0 saturated heterocycles. The van der Waals surface area contributed by atoms with E-state index in [1.54, 1.807) is 12.1 Å². The van der Waals surface area contributed by atoms with Crippen molar-refractivity contribution in [1.29, 1.82) is 0 Å². The van der Waals surface area contributed by atoms with E-state index in [2.05, 4.69) is 6.92 Å². The Labute approximate surface area is 129 Å². The molecule has 0 bridgehead atoms. The van der Waals surface area contributed by atoms with Gasteiger partial charge < -0.3 is 10.5 Å². The lowest BCUT2D eigenvalue weighted by Gasteiger charge is -2.12. The Bertz CT molecular complexity index is 586. The second-order valence-electron chi connectivity index (χ2n) is 4.66. The van der Waals surface area contributed by atoms with E-state index in [0.29, 0.717) is 21.5 Å². The third-order valence-corrected chi connectivity index (χ3v) is 3.76. The molecule has 2 aromatic rings. The van der Waals surface area contributed by atoms with Crippen LogP contribution in [0.3, 0.4) is 0 Å². The van der Waals surface area contributed by atoms with Crippen molar-refractivity contribution in [3.8, 4) is 11.5 Å². The van der Waals surface area contributed by atoms with Crippen molar-refractivity contribution in [2.24, 2.45) is 5.73 Å². The molecule has 0 aromatic heterocycles. The van der Waals surface area contributed by atoms with E-state index in [1.807, 2.05) is 30.3 Å². The Morgan fingerprint density at radius 3 is 2.50 bits per heavy atom. The van der Waals surface area contributed by atoms with Gasteiger partial charge in [0, 0.05) is 11.1 Å². The highest BCUT2D eigenvalue weighted by Crippen LogP contribution is 2.31. The Hall–Kier alpha value is -1.22. The molecule has 2 aromatic carbocycles. The maximum absolute atomic E-state index is 6.27. The van der Waals surface area contributed by atoms with Crippen LogP contribution in [0.25, 0.3) is 0 Å². The molecule has 0 spiro atoms. The number of rotatable bonds is 5. The van der Waals surface area contributed by atoms with Crippen LogP contribution < -0.4 is 10.5 Å². The lowest BCUT2D eigenvalue weighted by atomic mass is 10.0. The summed E-state index contributed by atoms with van der Waals surface area (Å²) in [6.07, 6.45) is 1.69. The SMILES string of the molecule is CCC(N)Cc1ccc(Oc2ccccc2Cl)cc1Cl. The summed E-state index contributed by atoms with van der Waals surface area (Å²) in [5.74, 6) is 1.28. The van der Waals surface area contributed by atoms with E-state index in [1.165, 1.54) is 0 Å². The van der Waals surface area contributed by atoms with E-state index in [-0.39, 0.29) is 6.04 Å². The number of hydrogen-bond donors (Lipinski definition) is 1. The maximum Gasteiger partial charge on any atom is 0.146 e. The molecule has 0 fully saturated rings. The molecule has 0 radical (unpaired) electrons. The molecule has 2 nitrogen and oxygen atoms in total. The van der Waals surface area contributed by atoms with E-state index in [4.69, 9.17) is 33.7 Å². The molecule has 0 heterocycles. The van der Waals surface area contributed by atoms with Gasteiger partial charge in [0.1, 0.15) is 11.5 Å². The number of benzene rings is 2. The number of ether oxygens (including phenoxy) is 1. The van der Waals surface area contributed by atoms with Crippen LogP contribution in [0, 0.1) is 0 Å². The normalized spacial score (nSPS) is 12.2. The molecular formula is C16H17Cl2NO. The minimum absolute atomic E-state index is 0.128. The molecule has 2 N–H and O–H groups in total. The fourth-order valence-corrected chi connectivity index (χ4v) is 2.26. The van der Waals surface area contributed by atoms with Gasteiger partial charge in [0.25, 0.3) is 0 Å². The summed E-state index contributed by atoms with van der Waals surface area (Å²) in [6, 6.07) is 13.1. The molecule has 1 atom stereocenters. The molecule has 4 heteroatoms. The first kappa shape index (κ1) is 15.2. The molecule has 0 saturated carbocycles. The Balaban J connectivity index is 2.15. The van der Waals surface area contributed by atoms with Crippen LogP contribution in [0.5, 0.6) is 11.5 Å². The number of para-hydroxylation sites is 1. The van der Waals surface area contributed by atoms with E-state index in [0.717, 1.165) is 18.4 Å². The second-order valence-corrected chi connectivity index (χ2v) is 5.47. The van der Waals surface area contributed by atoms with Gasteiger partial charge >= 0.3 is 0 Å². The van der Waals surface area contributed by atoms with Crippen molar-refractivity contribution in [2.45, 2.75) is 25.8 Å². The predicted molar refractivity (Wildman–Crippen MR) is 84.9 cm³/mol. The Kier molecular flexibility index (Phi) is 5.30. The highest BCUT2D eigenvalue weighted by molar-refractivity contribution is 6.32. The van der Waals surface area contributed by atoms with Gasteiger partial charge in [-0.3, -0.25) is 0 Å². The number of nitrogens with two attached hydrogens (primary N) is 1. The summed E-state index contributed by atoms with van der Waals surface area (Å²) in [7, 11) is 0. The van der Waals surface area contributed by atoms with Crippen LogP contribution in [-0.4, -0.2) is 6.04 Å². The quantitative estimate of drug-likeness (QED) is 0.837. The van der Waals surface area contributed by atoms with Crippen molar-refractivity contribution < 1.29 is 4.74 Å². The zero-order valence-electron chi connectivity index (χ0n) is 11.3. The molecule has 0 aliphatic heterocycles. The molecule has 2 rings (SSSR count).